The molecule has 0 aliphatic carbocycles. The van der Waals surface area contributed by atoms with Gasteiger partial charge < -0.3 is 9.73 Å². The number of furan rings is 1. The highest BCUT2D eigenvalue weighted by Gasteiger charge is 2.17. The number of likely N-dealkylation sites (N-methyl/N-ethyl adjacent to an activating group) is 1. The molecule has 0 fully saturated rings. The van der Waals surface area contributed by atoms with E-state index >= 15 is 0 Å². The van der Waals surface area contributed by atoms with Crippen molar-refractivity contribution in [3.8, 4) is 0 Å². The first kappa shape index (κ1) is 17.6. The van der Waals surface area contributed by atoms with Crippen molar-refractivity contribution in [2.24, 2.45) is 0 Å². The van der Waals surface area contributed by atoms with Gasteiger partial charge in [0.15, 0.2) is 0 Å². The van der Waals surface area contributed by atoms with E-state index in [-0.39, 0.29) is 11.9 Å². The van der Waals surface area contributed by atoms with Gasteiger partial charge in [0.25, 0.3) is 0 Å². The van der Waals surface area contributed by atoms with Crippen LogP contribution in [-0.2, 0) is 10.5 Å². The molecule has 0 aliphatic heterocycles. The number of benzene rings is 1. The molecule has 0 saturated heterocycles. The third-order valence-electron chi connectivity index (χ3n) is 3.61. The fourth-order valence-corrected chi connectivity index (χ4v) is 3.04. The van der Waals surface area contributed by atoms with Crippen molar-refractivity contribution >= 4 is 17.7 Å². The molecule has 1 atom stereocenters. The zero-order chi connectivity index (χ0) is 16.7. The molecule has 23 heavy (non-hydrogen) atoms. The van der Waals surface area contributed by atoms with Crippen molar-refractivity contribution in [2.75, 3.05) is 26.4 Å². The van der Waals surface area contributed by atoms with Crippen molar-refractivity contribution in [2.45, 2.75) is 18.7 Å². The van der Waals surface area contributed by atoms with Gasteiger partial charge in [-0.3, -0.25) is 9.69 Å². The lowest BCUT2D eigenvalue weighted by atomic mass is 10.2. The zero-order valence-corrected chi connectivity index (χ0v) is 14.7. The summed E-state index contributed by atoms with van der Waals surface area (Å²) in [6.45, 7) is 2.62. The van der Waals surface area contributed by atoms with Crippen LogP contribution in [0.4, 0.5) is 0 Å². The summed E-state index contributed by atoms with van der Waals surface area (Å²) < 4.78 is 5.44. The highest BCUT2D eigenvalue weighted by atomic mass is 32.2. The predicted molar refractivity (Wildman–Crippen MR) is 95.5 cm³/mol. The second-order valence-corrected chi connectivity index (χ2v) is 6.76. The Morgan fingerprint density at radius 2 is 2.00 bits per heavy atom. The number of thioether (sulfide) groups is 1. The van der Waals surface area contributed by atoms with E-state index in [0.717, 1.165) is 11.5 Å². The summed E-state index contributed by atoms with van der Waals surface area (Å²) in [5.74, 6) is 2.23. The van der Waals surface area contributed by atoms with E-state index in [9.17, 15) is 4.79 Å². The summed E-state index contributed by atoms with van der Waals surface area (Å²) in [4.78, 5) is 14.0. The molecule has 5 heteroatoms. The average molecular weight is 332 g/mol. The highest BCUT2D eigenvalue weighted by molar-refractivity contribution is 7.99. The lowest BCUT2D eigenvalue weighted by molar-refractivity contribution is -0.118. The van der Waals surface area contributed by atoms with Crippen molar-refractivity contribution < 1.29 is 9.21 Å². The Kier molecular flexibility index (Phi) is 6.74. The molecular formula is C18H24N2O2S. The first-order chi connectivity index (χ1) is 11.1. The maximum absolute atomic E-state index is 12.0. The number of nitrogens with one attached hydrogen (secondary N) is 1. The molecule has 1 aromatic heterocycles. The molecule has 0 radical (unpaired) electrons. The van der Waals surface area contributed by atoms with Gasteiger partial charge in [0.1, 0.15) is 5.76 Å². The van der Waals surface area contributed by atoms with Gasteiger partial charge in [0.2, 0.25) is 5.91 Å². The lowest BCUT2D eigenvalue weighted by Gasteiger charge is -2.22. The fraction of sp³-hybridized carbons (Fsp3) is 0.389. The monoisotopic (exact) mass is 332 g/mol. The maximum atomic E-state index is 12.0. The summed E-state index contributed by atoms with van der Waals surface area (Å²) in [5.41, 5.74) is 2.50. The van der Waals surface area contributed by atoms with E-state index in [2.05, 4.69) is 36.5 Å². The average Bonchev–Trinajstić information content (AvgIpc) is 3.03. The van der Waals surface area contributed by atoms with Gasteiger partial charge in [0.05, 0.1) is 18.1 Å². The second-order valence-electron chi connectivity index (χ2n) is 5.78. The normalized spacial score (nSPS) is 12.3. The Balaban J connectivity index is 1.73. The number of aryl methyl sites for hydroxylation is 1. The number of rotatable bonds is 8. The zero-order valence-electron chi connectivity index (χ0n) is 13.9. The van der Waals surface area contributed by atoms with E-state index in [1.165, 1.54) is 11.1 Å². The summed E-state index contributed by atoms with van der Waals surface area (Å²) in [6.07, 6.45) is 1.66. The molecule has 1 aromatic carbocycles. The Hall–Kier alpha value is -1.72. The van der Waals surface area contributed by atoms with E-state index in [0.29, 0.717) is 12.3 Å². The summed E-state index contributed by atoms with van der Waals surface area (Å²) in [7, 11) is 3.96. The van der Waals surface area contributed by atoms with Crippen LogP contribution in [0.25, 0.3) is 0 Å². The Labute approximate surface area is 142 Å². The van der Waals surface area contributed by atoms with E-state index < -0.39 is 0 Å². The fourth-order valence-electron chi connectivity index (χ4n) is 2.23. The van der Waals surface area contributed by atoms with Crippen LogP contribution < -0.4 is 5.32 Å². The molecule has 0 aliphatic rings. The van der Waals surface area contributed by atoms with Gasteiger partial charge in [-0.1, -0.05) is 29.8 Å². The Morgan fingerprint density at radius 3 is 2.61 bits per heavy atom. The molecule has 1 amide bonds. The summed E-state index contributed by atoms with van der Waals surface area (Å²) in [6, 6.07) is 12.3. The van der Waals surface area contributed by atoms with Gasteiger partial charge in [-0.25, -0.2) is 0 Å². The van der Waals surface area contributed by atoms with Gasteiger partial charge >= 0.3 is 0 Å². The van der Waals surface area contributed by atoms with Crippen molar-refractivity contribution in [3.05, 3.63) is 59.5 Å². The number of hydrogen-bond acceptors (Lipinski definition) is 4. The third kappa shape index (κ3) is 5.77. The smallest absolute Gasteiger partial charge is 0.230 e. The Bertz CT molecular complexity index is 594. The highest BCUT2D eigenvalue weighted by Crippen LogP contribution is 2.18. The molecule has 0 bridgehead atoms. The molecule has 0 spiro atoms. The minimum Gasteiger partial charge on any atom is -0.468 e. The van der Waals surface area contributed by atoms with E-state index in [4.69, 9.17) is 4.42 Å². The molecular weight excluding hydrogens is 308 g/mol. The van der Waals surface area contributed by atoms with Gasteiger partial charge in [-0.15, -0.1) is 11.8 Å². The summed E-state index contributed by atoms with van der Waals surface area (Å²) in [5, 5.41) is 2.99. The quantitative estimate of drug-likeness (QED) is 0.806. The molecule has 0 saturated carbocycles. The van der Waals surface area contributed by atoms with Crippen molar-refractivity contribution in [3.63, 3.8) is 0 Å². The van der Waals surface area contributed by atoms with E-state index in [1.807, 2.05) is 31.1 Å². The van der Waals surface area contributed by atoms with Crippen LogP contribution >= 0.6 is 11.8 Å². The standard InChI is InChI=1S/C18H24N2O2S/c1-14-6-8-15(9-7-14)12-23-13-18(21)19-11-16(20(2)3)17-5-4-10-22-17/h4-10,16H,11-13H2,1-3H3,(H,19,21). The first-order valence-electron chi connectivity index (χ1n) is 7.66. The van der Waals surface area contributed by atoms with Crippen LogP contribution in [0, 0.1) is 6.92 Å². The molecule has 1 unspecified atom stereocenters. The van der Waals surface area contributed by atoms with Gasteiger partial charge in [-0.05, 0) is 38.7 Å². The van der Waals surface area contributed by atoms with E-state index in [1.54, 1.807) is 18.0 Å². The van der Waals surface area contributed by atoms with Gasteiger partial charge in [-0.2, -0.15) is 0 Å². The lowest BCUT2D eigenvalue weighted by Crippen LogP contribution is -2.35. The molecule has 4 nitrogen and oxygen atoms in total. The molecule has 2 aromatic rings. The summed E-state index contributed by atoms with van der Waals surface area (Å²) >= 11 is 1.63. The Morgan fingerprint density at radius 1 is 1.26 bits per heavy atom. The topological polar surface area (TPSA) is 45.5 Å². The SMILES string of the molecule is Cc1ccc(CSCC(=O)NCC(c2ccco2)N(C)C)cc1. The number of amides is 1. The molecule has 1 heterocycles. The van der Waals surface area contributed by atoms with Crippen LogP contribution in [0.5, 0.6) is 0 Å². The number of nitrogens with zero attached hydrogens (tertiary/aromatic N) is 1. The number of carbonyl (C=O) groups excluding carboxylic acids is 1. The number of hydrogen-bond donors (Lipinski definition) is 1. The van der Waals surface area contributed by atoms with Crippen LogP contribution in [0.3, 0.4) is 0 Å². The van der Waals surface area contributed by atoms with Crippen molar-refractivity contribution in [1.29, 1.82) is 0 Å². The van der Waals surface area contributed by atoms with Crippen LogP contribution in [0.2, 0.25) is 0 Å². The molecule has 124 valence electrons. The first-order valence-corrected chi connectivity index (χ1v) is 8.81. The second kappa shape index (κ2) is 8.79. The van der Waals surface area contributed by atoms with Crippen molar-refractivity contribution in [1.82, 2.24) is 10.2 Å². The number of carbonyl (C=O) groups is 1. The van der Waals surface area contributed by atoms with Gasteiger partial charge in [0, 0.05) is 12.3 Å². The molecule has 2 rings (SSSR count). The predicted octanol–water partition coefficient (Wildman–Crippen LogP) is 3.24. The van der Waals surface area contributed by atoms with Crippen LogP contribution in [0.15, 0.2) is 47.1 Å². The van der Waals surface area contributed by atoms with Crippen LogP contribution in [0.1, 0.15) is 22.9 Å². The maximum Gasteiger partial charge on any atom is 0.230 e. The minimum absolute atomic E-state index is 0.0519. The largest absolute Gasteiger partial charge is 0.468 e. The van der Waals surface area contributed by atoms with Crippen LogP contribution in [-0.4, -0.2) is 37.2 Å². The molecule has 1 N–H and O–H groups in total. The minimum atomic E-state index is 0.0519. The third-order valence-corrected chi connectivity index (χ3v) is 4.61.